The first kappa shape index (κ1) is 23.6. The number of nitrogens with zero attached hydrogens (tertiary/aromatic N) is 6. The quantitative estimate of drug-likeness (QED) is 0.421. The second kappa shape index (κ2) is 10.3. The first-order chi connectivity index (χ1) is 18.1. The molecule has 0 unspecified atom stereocenters. The summed E-state index contributed by atoms with van der Waals surface area (Å²) in [5.74, 6) is 0.667. The Kier molecular flexibility index (Phi) is 6.55. The molecule has 2 fully saturated rings. The van der Waals surface area contributed by atoms with Crippen molar-refractivity contribution in [2.75, 3.05) is 56.5 Å². The summed E-state index contributed by atoms with van der Waals surface area (Å²) >= 11 is 0. The van der Waals surface area contributed by atoms with Crippen molar-refractivity contribution in [3.05, 3.63) is 66.2 Å². The second-order valence-corrected chi connectivity index (χ2v) is 10.0. The Balaban J connectivity index is 1.18. The molecule has 4 aromatic rings. The molecule has 37 heavy (non-hydrogen) atoms. The third-order valence-corrected chi connectivity index (χ3v) is 7.34. The van der Waals surface area contributed by atoms with Gasteiger partial charge in [-0.05, 0) is 74.4 Å². The van der Waals surface area contributed by atoms with Gasteiger partial charge in [-0.1, -0.05) is 6.07 Å². The van der Waals surface area contributed by atoms with E-state index in [-0.39, 0.29) is 5.91 Å². The van der Waals surface area contributed by atoms with E-state index in [0.717, 1.165) is 73.7 Å². The molecule has 2 aliphatic heterocycles. The number of carbonyl (C=O) groups excluding carboxylic acids is 1. The summed E-state index contributed by atoms with van der Waals surface area (Å²) < 4.78 is 0. The smallest absolute Gasteiger partial charge is 0.276 e. The molecule has 0 spiro atoms. The first-order valence-electron chi connectivity index (χ1n) is 13.0. The number of carbonyl (C=O) groups is 1. The minimum Gasteiger partial charge on any atom is -0.354 e. The van der Waals surface area contributed by atoms with Crippen LogP contribution >= 0.6 is 0 Å². The zero-order valence-electron chi connectivity index (χ0n) is 21.2. The molecule has 2 aliphatic rings. The number of aromatic nitrogens is 4. The van der Waals surface area contributed by atoms with Gasteiger partial charge in [0.05, 0.1) is 17.4 Å². The van der Waals surface area contributed by atoms with Crippen molar-refractivity contribution in [3.63, 3.8) is 0 Å². The van der Waals surface area contributed by atoms with Crippen LogP contribution in [0.25, 0.3) is 22.0 Å². The molecule has 0 saturated carbocycles. The topological polar surface area (TPSA) is 93.3 Å². The number of rotatable bonds is 6. The van der Waals surface area contributed by atoms with Crippen LogP contribution in [0.15, 0.2) is 55.0 Å². The fraction of sp³-hybridized carbons (Fsp3) is 0.357. The van der Waals surface area contributed by atoms with Crippen LogP contribution in [0, 0.1) is 0 Å². The zero-order chi connectivity index (χ0) is 25.2. The van der Waals surface area contributed by atoms with Crippen LogP contribution in [-0.2, 0) is 6.54 Å². The molecule has 6 rings (SSSR count). The van der Waals surface area contributed by atoms with E-state index in [1.807, 2.05) is 42.7 Å². The highest BCUT2D eigenvalue weighted by molar-refractivity contribution is 6.11. The molecule has 3 aromatic heterocycles. The number of fused-ring (bicyclic) bond motifs is 1. The molecule has 5 heterocycles. The number of hydrogen-bond donors (Lipinski definition) is 2. The lowest BCUT2D eigenvalue weighted by atomic mass is 10.0. The molecule has 0 bridgehead atoms. The molecule has 190 valence electrons. The van der Waals surface area contributed by atoms with Crippen LogP contribution < -0.4 is 10.2 Å². The number of piperazine rings is 1. The third-order valence-electron chi connectivity index (χ3n) is 7.34. The van der Waals surface area contributed by atoms with E-state index in [1.165, 1.54) is 18.4 Å². The number of benzene rings is 1. The Morgan fingerprint density at radius 1 is 0.946 bits per heavy atom. The molecule has 1 amide bonds. The highest BCUT2D eigenvalue weighted by atomic mass is 16.1. The first-order valence-corrected chi connectivity index (χ1v) is 13.0. The van der Waals surface area contributed by atoms with Gasteiger partial charge in [-0.25, -0.2) is 4.98 Å². The number of hydrogen-bond acceptors (Lipinski definition) is 7. The van der Waals surface area contributed by atoms with Crippen molar-refractivity contribution in [2.24, 2.45) is 0 Å². The van der Waals surface area contributed by atoms with Gasteiger partial charge in [-0.2, -0.15) is 5.10 Å². The summed E-state index contributed by atoms with van der Waals surface area (Å²) in [7, 11) is 2.13. The summed E-state index contributed by atoms with van der Waals surface area (Å²) in [6.45, 7) is 7.17. The standard InChI is InChI=1S/C28H32N8O/c1-34-10-12-36(13-11-34)26-7-5-23(18-30-26)31-28(37)27-24-15-21(4-6-25(24)32-33-27)22-14-20(16-29-17-22)19-35-8-2-3-9-35/h4-7,14-18H,2-3,8-13,19H2,1H3,(H,31,37)(H,32,33). The average molecular weight is 497 g/mol. The predicted molar refractivity (Wildman–Crippen MR) is 146 cm³/mol. The minimum absolute atomic E-state index is 0.265. The Labute approximate surface area is 216 Å². The van der Waals surface area contributed by atoms with Gasteiger partial charge < -0.3 is 15.1 Å². The van der Waals surface area contributed by atoms with Gasteiger partial charge in [-0.3, -0.25) is 19.8 Å². The van der Waals surface area contributed by atoms with Gasteiger partial charge in [0, 0.05) is 56.1 Å². The number of H-pyrrole nitrogens is 1. The van der Waals surface area contributed by atoms with Gasteiger partial charge in [-0.15, -0.1) is 0 Å². The van der Waals surface area contributed by atoms with E-state index >= 15 is 0 Å². The fourth-order valence-electron chi connectivity index (χ4n) is 5.17. The number of likely N-dealkylation sites (tertiary alicyclic amines) is 1. The van der Waals surface area contributed by atoms with Crippen molar-refractivity contribution in [3.8, 4) is 11.1 Å². The molecular weight excluding hydrogens is 464 g/mol. The number of pyridine rings is 2. The van der Waals surface area contributed by atoms with Crippen molar-refractivity contribution in [1.29, 1.82) is 0 Å². The number of aromatic amines is 1. The molecule has 9 nitrogen and oxygen atoms in total. The molecule has 9 heteroatoms. The number of anilines is 2. The normalized spacial score (nSPS) is 16.9. The summed E-state index contributed by atoms with van der Waals surface area (Å²) in [6, 6.07) is 12.1. The molecule has 0 radical (unpaired) electrons. The van der Waals surface area contributed by atoms with E-state index in [4.69, 9.17) is 0 Å². The van der Waals surface area contributed by atoms with Crippen molar-refractivity contribution < 1.29 is 4.79 Å². The number of likely N-dealkylation sites (N-methyl/N-ethyl adjacent to an activating group) is 1. The highest BCUT2D eigenvalue weighted by Gasteiger charge is 2.18. The maximum atomic E-state index is 13.2. The van der Waals surface area contributed by atoms with Gasteiger partial charge in [0.15, 0.2) is 5.69 Å². The second-order valence-electron chi connectivity index (χ2n) is 10.0. The predicted octanol–water partition coefficient (Wildman–Crippen LogP) is 3.62. The lowest BCUT2D eigenvalue weighted by Gasteiger charge is -2.33. The number of nitrogens with one attached hydrogen (secondary N) is 2. The Morgan fingerprint density at radius 2 is 1.78 bits per heavy atom. The molecule has 0 atom stereocenters. The molecule has 2 saturated heterocycles. The van der Waals surface area contributed by atoms with Crippen molar-refractivity contribution >= 4 is 28.3 Å². The zero-order valence-corrected chi connectivity index (χ0v) is 21.2. The minimum atomic E-state index is -0.265. The van der Waals surface area contributed by atoms with Crippen LogP contribution in [0.1, 0.15) is 28.9 Å². The third kappa shape index (κ3) is 5.19. The lowest BCUT2D eigenvalue weighted by Crippen LogP contribution is -2.44. The van der Waals surface area contributed by atoms with Gasteiger partial charge in [0.25, 0.3) is 5.91 Å². The summed E-state index contributed by atoms with van der Waals surface area (Å²) in [4.78, 5) is 29.3. The Bertz CT molecular complexity index is 1390. The van der Waals surface area contributed by atoms with Crippen molar-refractivity contribution in [2.45, 2.75) is 19.4 Å². The molecule has 2 N–H and O–H groups in total. The highest BCUT2D eigenvalue weighted by Crippen LogP contribution is 2.27. The van der Waals surface area contributed by atoms with Crippen LogP contribution in [0.5, 0.6) is 0 Å². The molecular formula is C28H32N8O. The maximum absolute atomic E-state index is 13.2. The maximum Gasteiger partial charge on any atom is 0.276 e. The Morgan fingerprint density at radius 3 is 2.57 bits per heavy atom. The van der Waals surface area contributed by atoms with Crippen molar-refractivity contribution in [1.82, 2.24) is 30.0 Å². The van der Waals surface area contributed by atoms with Crippen LogP contribution in [-0.4, -0.2) is 82.2 Å². The summed E-state index contributed by atoms with van der Waals surface area (Å²) in [5.41, 5.74) is 5.08. The summed E-state index contributed by atoms with van der Waals surface area (Å²) in [5, 5.41) is 11.0. The van der Waals surface area contributed by atoms with Crippen LogP contribution in [0.3, 0.4) is 0 Å². The SMILES string of the molecule is CN1CCN(c2ccc(NC(=O)c3n[nH]c4ccc(-c5cncc(CN6CCCC6)c5)cc34)cn2)CC1. The van der Waals surface area contributed by atoms with Gasteiger partial charge >= 0.3 is 0 Å². The van der Waals surface area contributed by atoms with E-state index in [1.54, 1.807) is 6.20 Å². The molecule has 0 aliphatic carbocycles. The number of amides is 1. The van der Waals surface area contributed by atoms with Crippen LogP contribution in [0.2, 0.25) is 0 Å². The van der Waals surface area contributed by atoms with E-state index in [0.29, 0.717) is 11.4 Å². The largest absolute Gasteiger partial charge is 0.354 e. The van der Waals surface area contributed by atoms with E-state index in [2.05, 4.69) is 53.3 Å². The van der Waals surface area contributed by atoms with Gasteiger partial charge in [0.2, 0.25) is 0 Å². The molecule has 1 aromatic carbocycles. The van der Waals surface area contributed by atoms with E-state index < -0.39 is 0 Å². The Hall–Kier alpha value is -3.82. The monoisotopic (exact) mass is 496 g/mol. The average Bonchev–Trinajstić information content (AvgIpc) is 3.59. The van der Waals surface area contributed by atoms with Gasteiger partial charge in [0.1, 0.15) is 5.82 Å². The lowest BCUT2D eigenvalue weighted by molar-refractivity contribution is 0.102. The van der Waals surface area contributed by atoms with E-state index in [9.17, 15) is 4.79 Å². The fourth-order valence-corrected chi connectivity index (χ4v) is 5.17. The van der Waals surface area contributed by atoms with Crippen LogP contribution in [0.4, 0.5) is 11.5 Å². The summed E-state index contributed by atoms with van der Waals surface area (Å²) in [6.07, 6.45) is 8.07.